The Hall–Kier alpha value is -2.63. The van der Waals surface area contributed by atoms with Gasteiger partial charge in [-0.15, -0.1) is 0 Å². The third-order valence-corrected chi connectivity index (χ3v) is 10.3. The largest absolute Gasteiger partial charge is 0.462 e. The molecule has 0 aliphatic heterocycles. The lowest BCUT2D eigenvalue weighted by Gasteiger charge is -2.18. The van der Waals surface area contributed by atoms with Crippen LogP contribution in [0.1, 0.15) is 239 Å². The molecule has 0 saturated heterocycles. The Balaban J connectivity index is 4.42. The van der Waals surface area contributed by atoms with Gasteiger partial charge in [0.15, 0.2) is 6.10 Å². The van der Waals surface area contributed by atoms with Gasteiger partial charge < -0.3 is 14.2 Å². The molecule has 330 valence electrons. The minimum Gasteiger partial charge on any atom is -0.462 e. The van der Waals surface area contributed by atoms with Crippen molar-refractivity contribution in [2.24, 2.45) is 0 Å². The summed E-state index contributed by atoms with van der Waals surface area (Å²) >= 11 is 0. The molecule has 0 bridgehead atoms. The molecule has 0 N–H and O–H groups in total. The van der Waals surface area contributed by atoms with Crippen molar-refractivity contribution in [3.8, 4) is 0 Å². The number of unbranched alkanes of at least 4 members (excludes halogenated alkanes) is 25. The van der Waals surface area contributed by atoms with E-state index in [9.17, 15) is 14.4 Å². The first-order valence-corrected chi connectivity index (χ1v) is 24.2. The van der Waals surface area contributed by atoms with Crippen LogP contribution >= 0.6 is 0 Å². The van der Waals surface area contributed by atoms with Gasteiger partial charge in [-0.1, -0.05) is 179 Å². The zero-order valence-corrected chi connectivity index (χ0v) is 37.6. The van der Waals surface area contributed by atoms with Crippen LogP contribution in [-0.2, 0) is 28.6 Å². The minimum absolute atomic E-state index is 0.0893. The summed E-state index contributed by atoms with van der Waals surface area (Å²) in [7, 11) is 0. The average molecular weight is 799 g/mol. The highest BCUT2D eigenvalue weighted by Crippen LogP contribution is 2.13. The van der Waals surface area contributed by atoms with Crippen molar-refractivity contribution in [2.45, 2.75) is 245 Å². The van der Waals surface area contributed by atoms with Crippen LogP contribution in [0, 0.1) is 0 Å². The molecule has 0 radical (unpaired) electrons. The van der Waals surface area contributed by atoms with Crippen molar-refractivity contribution < 1.29 is 28.6 Å². The molecule has 1 unspecified atom stereocenters. The topological polar surface area (TPSA) is 78.9 Å². The summed E-state index contributed by atoms with van der Waals surface area (Å²) in [6.45, 7) is 6.53. The van der Waals surface area contributed by atoms with E-state index in [1.54, 1.807) is 0 Å². The second kappa shape index (κ2) is 46.1. The van der Waals surface area contributed by atoms with Gasteiger partial charge in [0.05, 0.1) is 0 Å². The van der Waals surface area contributed by atoms with E-state index in [0.717, 1.165) is 89.9 Å². The van der Waals surface area contributed by atoms with Gasteiger partial charge in [0, 0.05) is 19.3 Å². The van der Waals surface area contributed by atoms with E-state index in [1.165, 1.54) is 109 Å². The van der Waals surface area contributed by atoms with Crippen LogP contribution in [0.5, 0.6) is 0 Å². The zero-order valence-electron chi connectivity index (χ0n) is 37.6. The highest BCUT2D eigenvalue weighted by atomic mass is 16.6. The van der Waals surface area contributed by atoms with E-state index in [1.807, 2.05) is 0 Å². The van der Waals surface area contributed by atoms with Gasteiger partial charge in [-0.05, 0) is 89.9 Å². The zero-order chi connectivity index (χ0) is 41.5. The lowest BCUT2D eigenvalue weighted by Crippen LogP contribution is -2.30. The molecule has 0 fully saturated rings. The summed E-state index contributed by atoms with van der Waals surface area (Å²) in [4.78, 5) is 37.8. The molecule has 0 spiro atoms. The summed E-state index contributed by atoms with van der Waals surface area (Å²) in [5.74, 6) is -0.934. The molecule has 0 aromatic rings. The van der Waals surface area contributed by atoms with Crippen molar-refractivity contribution >= 4 is 17.9 Å². The van der Waals surface area contributed by atoms with Crippen molar-refractivity contribution in [1.82, 2.24) is 0 Å². The molecule has 0 aromatic heterocycles. The number of esters is 3. The van der Waals surface area contributed by atoms with Gasteiger partial charge in [-0.3, -0.25) is 14.4 Å². The monoisotopic (exact) mass is 799 g/mol. The number of carbonyl (C=O) groups is 3. The van der Waals surface area contributed by atoms with Crippen molar-refractivity contribution in [2.75, 3.05) is 13.2 Å². The maximum absolute atomic E-state index is 12.7. The second-order valence-corrected chi connectivity index (χ2v) is 16.0. The van der Waals surface area contributed by atoms with Crippen LogP contribution in [0.15, 0.2) is 48.6 Å². The maximum atomic E-state index is 12.7. The SMILES string of the molecule is CCCC/C=C\CCCCCCCC(=O)OCC(COC(=O)CCCCC/C=C\C=C/CCCCCCCCC)OC(=O)CCCCCCC/C=C\CCCCC. The minimum atomic E-state index is -0.788. The molecule has 6 nitrogen and oxygen atoms in total. The number of allylic oxidation sites excluding steroid dienone is 8. The number of carbonyl (C=O) groups excluding carboxylic acids is 3. The summed E-state index contributed by atoms with van der Waals surface area (Å²) in [5.41, 5.74) is 0. The molecule has 6 heteroatoms. The summed E-state index contributed by atoms with van der Waals surface area (Å²) < 4.78 is 16.7. The van der Waals surface area contributed by atoms with Crippen LogP contribution in [0.2, 0.25) is 0 Å². The Morgan fingerprint density at radius 2 is 0.649 bits per heavy atom. The first kappa shape index (κ1) is 54.4. The lowest BCUT2D eigenvalue weighted by atomic mass is 10.1. The molecule has 0 amide bonds. The Labute approximate surface area is 352 Å². The molecule has 57 heavy (non-hydrogen) atoms. The van der Waals surface area contributed by atoms with Crippen LogP contribution in [-0.4, -0.2) is 37.2 Å². The molecule has 0 aromatic carbocycles. The third kappa shape index (κ3) is 44.3. The molecule has 0 rings (SSSR count). The van der Waals surface area contributed by atoms with Crippen molar-refractivity contribution in [3.63, 3.8) is 0 Å². The molecule has 0 aliphatic rings. The number of hydrogen-bond acceptors (Lipinski definition) is 6. The Morgan fingerprint density at radius 1 is 0.351 bits per heavy atom. The summed E-state index contributed by atoms with van der Waals surface area (Å²) in [5, 5.41) is 0. The standard InChI is InChI=1S/C51H90O6/c1-4-7-10-13-16-19-22-24-25-26-27-30-32-35-38-41-44-50(53)56-47-48(46-55-49(52)43-40-37-34-31-28-21-18-15-12-9-6-3)57-51(54)45-42-39-36-33-29-23-20-17-14-11-8-5-2/h15,17-18,20,25-27,30,48H,4-14,16,19,21-24,28-29,31-47H2,1-3H3/b18-15-,20-17-,26-25-,30-27-. The van der Waals surface area contributed by atoms with Crippen LogP contribution in [0.3, 0.4) is 0 Å². The Kier molecular flexibility index (Phi) is 43.9. The Morgan fingerprint density at radius 3 is 1.09 bits per heavy atom. The molecule has 0 heterocycles. The normalized spacial score (nSPS) is 12.4. The Bertz CT molecular complexity index is 1010. The highest BCUT2D eigenvalue weighted by Gasteiger charge is 2.19. The molecular weight excluding hydrogens is 709 g/mol. The van der Waals surface area contributed by atoms with E-state index in [2.05, 4.69) is 69.4 Å². The quantitative estimate of drug-likeness (QED) is 0.0201. The van der Waals surface area contributed by atoms with E-state index in [-0.39, 0.29) is 31.1 Å². The molecule has 0 saturated carbocycles. The molecule has 0 aliphatic carbocycles. The average Bonchev–Trinajstić information content (AvgIpc) is 3.21. The van der Waals surface area contributed by atoms with E-state index >= 15 is 0 Å². The lowest BCUT2D eigenvalue weighted by molar-refractivity contribution is -0.167. The van der Waals surface area contributed by atoms with E-state index in [0.29, 0.717) is 19.3 Å². The van der Waals surface area contributed by atoms with Crippen molar-refractivity contribution in [1.29, 1.82) is 0 Å². The molecular formula is C51H90O6. The fraction of sp³-hybridized carbons (Fsp3) is 0.784. The summed E-state index contributed by atoms with van der Waals surface area (Å²) in [6.07, 6.45) is 53.8. The number of rotatable bonds is 43. The van der Waals surface area contributed by atoms with Gasteiger partial charge in [0.2, 0.25) is 0 Å². The smallest absolute Gasteiger partial charge is 0.306 e. The van der Waals surface area contributed by atoms with Gasteiger partial charge in [0.25, 0.3) is 0 Å². The van der Waals surface area contributed by atoms with Crippen LogP contribution < -0.4 is 0 Å². The fourth-order valence-electron chi connectivity index (χ4n) is 6.58. The van der Waals surface area contributed by atoms with Crippen LogP contribution in [0.4, 0.5) is 0 Å². The van der Waals surface area contributed by atoms with E-state index < -0.39 is 6.10 Å². The second-order valence-electron chi connectivity index (χ2n) is 16.0. The number of ether oxygens (including phenoxy) is 3. The summed E-state index contributed by atoms with van der Waals surface area (Å²) in [6, 6.07) is 0. The van der Waals surface area contributed by atoms with Gasteiger partial charge in [0.1, 0.15) is 13.2 Å². The number of hydrogen-bond donors (Lipinski definition) is 0. The van der Waals surface area contributed by atoms with Crippen molar-refractivity contribution in [3.05, 3.63) is 48.6 Å². The first-order chi connectivity index (χ1) is 28.0. The van der Waals surface area contributed by atoms with Gasteiger partial charge in [-0.25, -0.2) is 0 Å². The van der Waals surface area contributed by atoms with Gasteiger partial charge >= 0.3 is 17.9 Å². The first-order valence-electron chi connectivity index (χ1n) is 24.2. The van der Waals surface area contributed by atoms with Crippen LogP contribution in [0.25, 0.3) is 0 Å². The predicted octanol–water partition coefficient (Wildman–Crippen LogP) is 15.5. The third-order valence-electron chi connectivity index (χ3n) is 10.3. The fourth-order valence-corrected chi connectivity index (χ4v) is 6.58. The van der Waals surface area contributed by atoms with E-state index in [4.69, 9.17) is 14.2 Å². The van der Waals surface area contributed by atoms with Gasteiger partial charge in [-0.2, -0.15) is 0 Å². The maximum Gasteiger partial charge on any atom is 0.306 e. The highest BCUT2D eigenvalue weighted by molar-refractivity contribution is 5.71. The predicted molar refractivity (Wildman–Crippen MR) is 242 cm³/mol. The molecule has 1 atom stereocenters.